The van der Waals surface area contributed by atoms with Crippen LogP contribution in [0.1, 0.15) is 37.7 Å². The summed E-state index contributed by atoms with van der Waals surface area (Å²) < 4.78 is 62.5. The van der Waals surface area contributed by atoms with Crippen molar-refractivity contribution in [2.75, 3.05) is 10.6 Å². The number of imidazole rings is 1. The third-order valence-corrected chi connectivity index (χ3v) is 6.30. The van der Waals surface area contributed by atoms with Crippen molar-refractivity contribution in [3.05, 3.63) is 87.7 Å². The van der Waals surface area contributed by atoms with Crippen LogP contribution in [0.4, 0.5) is 24.5 Å². The van der Waals surface area contributed by atoms with E-state index in [1.54, 1.807) is 25.1 Å². The molecule has 0 bridgehead atoms. The van der Waals surface area contributed by atoms with Crippen LogP contribution < -0.4 is 10.6 Å². The van der Waals surface area contributed by atoms with Crippen LogP contribution in [0.15, 0.2) is 54.6 Å². The molecular formula is C24H17ClF3N4O4S-. The van der Waals surface area contributed by atoms with Crippen molar-refractivity contribution in [1.29, 1.82) is 0 Å². The standard InChI is InChI=1S/C24H18ClF3N4O4S/c1-12-17(25)7-4-8-18(12)31-23(34)15-9-13(10-19-21(15)32-20(30-19)11-37(35)36)29-22(33)14-5-2-3-6-16(14)24(26,27)28/h2-10H,11H2,1H3,(H,29,33)(H,30,32)(H,31,34)(H,35,36)/p-1. The molecule has 1 aromatic heterocycles. The summed E-state index contributed by atoms with van der Waals surface area (Å²) in [5, 5.41) is 5.48. The van der Waals surface area contributed by atoms with E-state index >= 15 is 0 Å². The fraction of sp³-hybridized carbons (Fsp3) is 0.125. The van der Waals surface area contributed by atoms with Crippen molar-refractivity contribution in [3.8, 4) is 0 Å². The van der Waals surface area contributed by atoms with E-state index in [0.717, 1.165) is 18.2 Å². The number of anilines is 2. The molecule has 0 spiro atoms. The molecule has 0 aliphatic heterocycles. The van der Waals surface area contributed by atoms with Crippen molar-refractivity contribution in [2.24, 2.45) is 0 Å². The van der Waals surface area contributed by atoms with Gasteiger partial charge >= 0.3 is 6.18 Å². The van der Waals surface area contributed by atoms with Crippen LogP contribution in [0.25, 0.3) is 11.0 Å². The molecule has 13 heteroatoms. The summed E-state index contributed by atoms with van der Waals surface area (Å²) in [5.41, 5.74) is -0.521. The van der Waals surface area contributed by atoms with Gasteiger partial charge in [-0.3, -0.25) is 13.8 Å². The second-order valence-electron chi connectivity index (χ2n) is 7.92. The topological polar surface area (TPSA) is 127 Å². The van der Waals surface area contributed by atoms with Gasteiger partial charge in [-0.2, -0.15) is 13.2 Å². The Balaban J connectivity index is 1.76. The highest BCUT2D eigenvalue weighted by molar-refractivity contribution is 7.78. The van der Waals surface area contributed by atoms with Gasteiger partial charge in [0.15, 0.2) is 0 Å². The minimum absolute atomic E-state index is 0.0131. The molecule has 3 N–H and O–H groups in total. The van der Waals surface area contributed by atoms with Gasteiger partial charge < -0.3 is 20.2 Å². The maximum atomic E-state index is 13.4. The number of H-pyrrole nitrogens is 1. The van der Waals surface area contributed by atoms with E-state index in [-0.39, 0.29) is 28.1 Å². The Bertz CT molecular complexity index is 1560. The van der Waals surface area contributed by atoms with Crippen LogP contribution in [0, 0.1) is 6.92 Å². The molecule has 0 saturated carbocycles. The predicted octanol–water partition coefficient (Wildman–Crippen LogP) is 5.43. The minimum Gasteiger partial charge on any atom is -0.772 e. The Morgan fingerprint density at radius 1 is 1.05 bits per heavy atom. The van der Waals surface area contributed by atoms with Crippen LogP contribution in [-0.4, -0.2) is 30.5 Å². The highest BCUT2D eigenvalue weighted by Crippen LogP contribution is 2.33. The third-order valence-electron chi connectivity index (χ3n) is 5.39. The van der Waals surface area contributed by atoms with Gasteiger partial charge in [0.25, 0.3) is 11.8 Å². The number of aromatic amines is 1. The number of benzene rings is 3. The van der Waals surface area contributed by atoms with Crippen LogP contribution in [0.2, 0.25) is 5.02 Å². The molecule has 3 aromatic carbocycles. The Morgan fingerprint density at radius 3 is 2.46 bits per heavy atom. The summed E-state index contributed by atoms with van der Waals surface area (Å²) in [6, 6.07) is 11.8. The summed E-state index contributed by atoms with van der Waals surface area (Å²) in [5.74, 6) is -2.15. The van der Waals surface area contributed by atoms with Crippen LogP contribution in [-0.2, 0) is 23.0 Å². The maximum Gasteiger partial charge on any atom is 0.417 e. The lowest BCUT2D eigenvalue weighted by Crippen LogP contribution is -2.19. The van der Waals surface area contributed by atoms with E-state index in [1.807, 2.05) is 0 Å². The average molecular weight is 550 g/mol. The number of nitrogens with zero attached hydrogens (tertiary/aromatic N) is 1. The highest BCUT2D eigenvalue weighted by atomic mass is 35.5. The first kappa shape index (κ1) is 26.3. The Labute approximate surface area is 215 Å². The van der Waals surface area contributed by atoms with Crippen molar-refractivity contribution >= 4 is 56.9 Å². The number of halogens is 4. The van der Waals surface area contributed by atoms with Gasteiger partial charge in [-0.25, -0.2) is 4.98 Å². The van der Waals surface area contributed by atoms with E-state index < -0.39 is 46.0 Å². The quantitative estimate of drug-likeness (QED) is 0.276. The van der Waals surface area contributed by atoms with Crippen molar-refractivity contribution in [3.63, 3.8) is 0 Å². The fourth-order valence-electron chi connectivity index (χ4n) is 3.65. The molecule has 192 valence electrons. The zero-order valence-electron chi connectivity index (χ0n) is 18.9. The fourth-order valence-corrected chi connectivity index (χ4v) is 4.19. The zero-order valence-corrected chi connectivity index (χ0v) is 20.5. The second kappa shape index (κ2) is 10.3. The van der Waals surface area contributed by atoms with E-state index in [9.17, 15) is 31.5 Å². The van der Waals surface area contributed by atoms with Gasteiger partial charge in [0.1, 0.15) is 11.3 Å². The van der Waals surface area contributed by atoms with E-state index in [4.69, 9.17) is 11.6 Å². The summed E-state index contributed by atoms with van der Waals surface area (Å²) in [6.45, 7) is 1.69. The number of carbonyl (C=O) groups excluding carboxylic acids is 2. The molecule has 0 aliphatic rings. The molecule has 2 amide bonds. The minimum atomic E-state index is -4.76. The average Bonchev–Trinajstić information content (AvgIpc) is 3.22. The largest absolute Gasteiger partial charge is 0.772 e. The molecule has 1 heterocycles. The van der Waals surface area contributed by atoms with E-state index in [1.165, 1.54) is 18.2 Å². The molecule has 0 radical (unpaired) electrons. The number of fused-ring (bicyclic) bond motifs is 1. The van der Waals surface area contributed by atoms with Crippen molar-refractivity contribution in [1.82, 2.24) is 9.97 Å². The van der Waals surface area contributed by atoms with E-state index in [0.29, 0.717) is 16.3 Å². The molecular weight excluding hydrogens is 533 g/mol. The summed E-state index contributed by atoms with van der Waals surface area (Å²) in [4.78, 5) is 33.0. The van der Waals surface area contributed by atoms with Crippen LogP contribution in [0.5, 0.6) is 0 Å². The number of hydrogen-bond acceptors (Lipinski definition) is 5. The third kappa shape index (κ3) is 5.82. The number of aromatic nitrogens is 2. The highest BCUT2D eigenvalue weighted by Gasteiger charge is 2.35. The van der Waals surface area contributed by atoms with Crippen molar-refractivity contribution in [2.45, 2.75) is 18.9 Å². The first-order chi connectivity index (χ1) is 17.4. The Hall–Kier alpha value is -3.74. The predicted molar refractivity (Wildman–Crippen MR) is 132 cm³/mol. The number of hydrogen-bond donors (Lipinski definition) is 3. The molecule has 0 fully saturated rings. The first-order valence-electron chi connectivity index (χ1n) is 10.6. The summed E-state index contributed by atoms with van der Waals surface area (Å²) >= 11 is 3.64. The first-order valence-corrected chi connectivity index (χ1v) is 12.2. The van der Waals surface area contributed by atoms with Gasteiger partial charge in [-0.15, -0.1) is 0 Å². The number of alkyl halides is 3. The van der Waals surface area contributed by atoms with Gasteiger partial charge in [0, 0.05) is 16.4 Å². The molecule has 37 heavy (non-hydrogen) atoms. The number of carbonyl (C=O) groups is 2. The summed E-state index contributed by atoms with van der Waals surface area (Å²) in [6.07, 6.45) is -4.76. The second-order valence-corrected chi connectivity index (χ2v) is 9.22. The van der Waals surface area contributed by atoms with Crippen LogP contribution in [0.3, 0.4) is 0 Å². The molecule has 1 atom stereocenters. The smallest absolute Gasteiger partial charge is 0.417 e. The number of nitrogens with one attached hydrogen (secondary N) is 3. The monoisotopic (exact) mass is 549 g/mol. The van der Waals surface area contributed by atoms with Gasteiger partial charge in [0.2, 0.25) is 0 Å². The lowest BCUT2D eigenvalue weighted by molar-refractivity contribution is -0.137. The number of rotatable bonds is 6. The Kier molecular flexibility index (Phi) is 7.35. The Morgan fingerprint density at radius 2 is 1.76 bits per heavy atom. The normalized spacial score (nSPS) is 12.4. The van der Waals surface area contributed by atoms with Crippen LogP contribution >= 0.6 is 11.6 Å². The SMILES string of the molecule is Cc1c(Cl)cccc1NC(=O)c1cc(NC(=O)c2ccccc2C(F)(F)F)cc2[nH]c(CS(=O)[O-])nc12. The molecule has 0 aliphatic carbocycles. The molecule has 1 unspecified atom stereocenters. The zero-order chi connectivity index (χ0) is 26.9. The molecule has 8 nitrogen and oxygen atoms in total. The van der Waals surface area contributed by atoms with Gasteiger partial charge in [-0.1, -0.05) is 29.8 Å². The maximum absolute atomic E-state index is 13.4. The molecule has 4 rings (SSSR count). The van der Waals surface area contributed by atoms with E-state index in [2.05, 4.69) is 20.6 Å². The molecule has 0 saturated heterocycles. The number of amides is 2. The van der Waals surface area contributed by atoms with Crippen molar-refractivity contribution < 1.29 is 31.5 Å². The summed E-state index contributed by atoms with van der Waals surface area (Å²) in [7, 11) is 0. The lowest BCUT2D eigenvalue weighted by Gasteiger charge is -2.14. The van der Waals surface area contributed by atoms with Gasteiger partial charge in [0.05, 0.1) is 28.0 Å². The van der Waals surface area contributed by atoms with Gasteiger partial charge in [-0.05, 0) is 60.0 Å². The lowest BCUT2D eigenvalue weighted by atomic mass is 10.1. The molecule has 4 aromatic rings.